The van der Waals surface area contributed by atoms with Gasteiger partial charge in [-0.3, -0.25) is 0 Å². The van der Waals surface area contributed by atoms with Gasteiger partial charge < -0.3 is 9.47 Å². The summed E-state index contributed by atoms with van der Waals surface area (Å²) in [4.78, 5) is 11.1. The van der Waals surface area contributed by atoms with Crippen molar-refractivity contribution < 1.29 is 18.7 Å². The fourth-order valence-corrected chi connectivity index (χ4v) is 1.74. The SMILES string of the molecule is CCOC(=O)C(F)Oc1ccc(C(C)C)c(C)c1. The number of aryl methyl sites for hydroxylation is 1. The van der Waals surface area contributed by atoms with E-state index in [0.717, 1.165) is 5.56 Å². The molecule has 4 heteroatoms. The first-order valence-corrected chi connectivity index (χ1v) is 6.03. The molecule has 0 heterocycles. The van der Waals surface area contributed by atoms with E-state index in [1.165, 1.54) is 5.56 Å². The lowest BCUT2D eigenvalue weighted by Gasteiger charge is -2.14. The van der Waals surface area contributed by atoms with Crippen LogP contribution >= 0.6 is 0 Å². The summed E-state index contributed by atoms with van der Waals surface area (Å²) in [5.41, 5.74) is 2.19. The van der Waals surface area contributed by atoms with Crippen LogP contribution in [0.3, 0.4) is 0 Å². The largest absolute Gasteiger partial charge is 0.461 e. The zero-order valence-corrected chi connectivity index (χ0v) is 11.2. The number of hydrogen-bond donors (Lipinski definition) is 0. The summed E-state index contributed by atoms with van der Waals surface area (Å²) in [5.74, 6) is -0.272. The molecule has 1 aromatic rings. The minimum absolute atomic E-state index is 0.133. The summed E-state index contributed by atoms with van der Waals surface area (Å²) in [5, 5.41) is 0. The molecule has 1 atom stereocenters. The van der Waals surface area contributed by atoms with Crippen LogP contribution in [-0.4, -0.2) is 18.9 Å². The Hall–Kier alpha value is -1.58. The summed E-state index contributed by atoms with van der Waals surface area (Å²) in [6, 6.07) is 5.27. The molecule has 0 aliphatic carbocycles. The first kappa shape index (κ1) is 14.5. The predicted molar refractivity (Wildman–Crippen MR) is 67.4 cm³/mol. The molecule has 0 radical (unpaired) electrons. The van der Waals surface area contributed by atoms with E-state index in [-0.39, 0.29) is 6.61 Å². The molecular formula is C14H19FO3. The molecule has 0 amide bonds. The first-order chi connectivity index (χ1) is 8.45. The minimum Gasteiger partial charge on any atom is -0.461 e. The zero-order chi connectivity index (χ0) is 13.7. The van der Waals surface area contributed by atoms with Crippen molar-refractivity contribution in [3.63, 3.8) is 0 Å². The van der Waals surface area contributed by atoms with Crippen LogP contribution in [0.4, 0.5) is 4.39 Å². The molecule has 0 N–H and O–H groups in total. The fraction of sp³-hybridized carbons (Fsp3) is 0.500. The second-order valence-corrected chi connectivity index (χ2v) is 4.36. The molecule has 0 aliphatic heterocycles. The van der Waals surface area contributed by atoms with Crippen molar-refractivity contribution in [3.05, 3.63) is 29.3 Å². The highest BCUT2D eigenvalue weighted by Gasteiger charge is 2.20. The number of hydrogen-bond acceptors (Lipinski definition) is 3. The quantitative estimate of drug-likeness (QED) is 0.756. The van der Waals surface area contributed by atoms with Crippen LogP contribution in [0.15, 0.2) is 18.2 Å². The maximum absolute atomic E-state index is 13.4. The van der Waals surface area contributed by atoms with Crippen molar-refractivity contribution in [1.29, 1.82) is 0 Å². The van der Waals surface area contributed by atoms with Gasteiger partial charge in [0.25, 0.3) is 0 Å². The molecule has 1 unspecified atom stereocenters. The number of carbonyl (C=O) groups is 1. The summed E-state index contributed by atoms with van der Waals surface area (Å²) in [7, 11) is 0. The molecule has 3 nitrogen and oxygen atoms in total. The molecule has 100 valence electrons. The predicted octanol–water partition coefficient (Wildman–Crippen LogP) is 3.36. The number of alkyl halides is 1. The second kappa shape index (κ2) is 6.38. The van der Waals surface area contributed by atoms with E-state index in [0.29, 0.717) is 11.7 Å². The molecule has 0 saturated carbocycles. The Bertz CT molecular complexity index is 416. The lowest BCUT2D eigenvalue weighted by Crippen LogP contribution is -2.24. The molecule has 0 aliphatic rings. The highest BCUT2D eigenvalue weighted by atomic mass is 19.1. The molecule has 0 fully saturated rings. The number of ether oxygens (including phenoxy) is 2. The third kappa shape index (κ3) is 3.72. The van der Waals surface area contributed by atoms with Crippen LogP contribution in [0.1, 0.15) is 37.8 Å². The van der Waals surface area contributed by atoms with Gasteiger partial charge in [-0.15, -0.1) is 0 Å². The molecule has 0 saturated heterocycles. The van der Waals surface area contributed by atoms with Crippen molar-refractivity contribution in [2.24, 2.45) is 0 Å². The monoisotopic (exact) mass is 254 g/mol. The molecule has 18 heavy (non-hydrogen) atoms. The fourth-order valence-electron chi connectivity index (χ4n) is 1.74. The molecule has 0 aromatic heterocycles. The van der Waals surface area contributed by atoms with E-state index in [1.54, 1.807) is 19.1 Å². The van der Waals surface area contributed by atoms with Gasteiger partial charge >= 0.3 is 12.3 Å². The van der Waals surface area contributed by atoms with Crippen LogP contribution in [0.25, 0.3) is 0 Å². The van der Waals surface area contributed by atoms with E-state index < -0.39 is 12.3 Å². The van der Waals surface area contributed by atoms with E-state index in [2.05, 4.69) is 18.6 Å². The molecule has 0 spiro atoms. The van der Waals surface area contributed by atoms with Gasteiger partial charge in [0.15, 0.2) is 0 Å². The summed E-state index contributed by atoms with van der Waals surface area (Å²) >= 11 is 0. The second-order valence-electron chi connectivity index (χ2n) is 4.36. The number of benzene rings is 1. The molecule has 0 bridgehead atoms. The highest BCUT2D eigenvalue weighted by Crippen LogP contribution is 2.24. The van der Waals surface area contributed by atoms with Crippen LogP contribution in [0.2, 0.25) is 0 Å². The van der Waals surface area contributed by atoms with Crippen molar-refractivity contribution in [2.75, 3.05) is 6.61 Å². The van der Waals surface area contributed by atoms with E-state index in [4.69, 9.17) is 4.74 Å². The third-order valence-corrected chi connectivity index (χ3v) is 2.57. The Labute approximate surface area is 107 Å². The molecule has 1 rings (SSSR count). The number of esters is 1. The Kier molecular flexibility index (Phi) is 5.13. The average Bonchev–Trinajstić information content (AvgIpc) is 2.28. The maximum Gasteiger partial charge on any atom is 0.381 e. The number of carbonyl (C=O) groups excluding carboxylic acids is 1. The van der Waals surface area contributed by atoms with Gasteiger partial charge in [-0.1, -0.05) is 19.9 Å². The van der Waals surface area contributed by atoms with Gasteiger partial charge in [-0.2, -0.15) is 4.39 Å². The summed E-state index contributed by atoms with van der Waals surface area (Å²) in [6.07, 6.45) is -2.07. The van der Waals surface area contributed by atoms with Crippen LogP contribution in [0.5, 0.6) is 5.75 Å². The molecule has 1 aromatic carbocycles. The van der Waals surface area contributed by atoms with E-state index in [1.807, 2.05) is 13.0 Å². The highest BCUT2D eigenvalue weighted by molar-refractivity contribution is 5.73. The topological polar surface area (TPSA) is 35.5 Å². The Morgan fingerprint density at radius 3 is 2.56 bits per heavy atom. The van der Waals surface area contributed by atoms with Gasteiger partial charge in [0.05, 0.1) is 6.61 Å². The number of halogens is 1. The van der Waals surface area contributed by atoms with Gasteiger partial charge in [0.1, 0.15) is 5.75 Å². The Morgan fingerprint density at radius 2 is 2.06 bits per heavy atom. The zero-order valence-electron chi connectivity index (χ0n) is 11.2. The van der Waals surface area contributed by atoms with Crippen molar-refractivity contribution in [2.45, 2.75) is 40.0 Å². The Morgan fingerprint density at radius 1 is 1.39 bits per heavy atom. The van der Waals surface area contributed by atoms with Crippen LogP contribution in [0, 0.1) is 6.92 Å². The standard InChI is InChI=1S/C14H19FO3/c1-5-17-14(16)13(15)18-11-6-7-12(9(2)3)10(4)8-11/h6-9,13H,5H2,1-4H3. The average molecular weight is 254 g/mol. The van der Waals surface area contributed by atoms with Gasteiger partial charge in [0, 0.05) is 0 Å². The maximum atomic E-state index is 13.4. The van der Waals surface area contributed by atoms with E-state index >= 15 is 0 Å². The van der Waals surface area contributed by atoms with E-state index in [9.17, 15) is 9.18 Å². The molecular weight excluding hydrogens is 235 g/mol. The van der Waals surface area contributed by atoms with Crippen molar-refractivity contribution >= 4 is 5.97 Å². The van der Waals surface area contributed by atoms with Gasteiger partial charge in [0.2, 0.25) is 0 Å². The van der Waals surface area contributed by atoms with Crippen LogP contribution < -0.4 is 4.74 Å². The number of rotatable bonds is 5. The lowest BCUT2D eigenvalue weighted by molar-refractivity contribution is -0.159. The summed E-state index contributed by atoms with van der Waals surface area (Å²) < 4.78 is 22.8. The first-order valence-electron chi connectivity index (χ1n) is 6.03. The lowest BCUT2D eigenvalue weighted by atomic mass is 9.98. The summed E-state index contributed by atoms with van der Waals surface area (Å²) in [6.45, 7) is 7.85. The normalized spacial score (nSPS) is 12.3. The smallest absolute Gasteiger partial charge is 0.381 e. The van der Waals surface area contributed by atoms with Crippen LogP contribution in [-0.2, 0) is 9.53 Å². The minimum atomic E-state index is -2.07. The van der Waals surface area contributed by atoms with Gasteiger partial charge in [-0.25, -0.2) is 4.79 Å². The van der Waals surface area contributed by atoms with Gasteiger partial charge in [-0.05, 0) is 43.0 Å². The van der Waals surface area contributed by atoms with Crippen molar-refractivity contribution in [1.82, 2.24) is 0 Å². The Balaban J connectivity index is 2.74. The van der Waals surface area contributed by atoms with Crippen molar-refractivity contribution in [3.8, 4) is 5.75 Å². The third-order valence-electron chi connectivity index (χ3n) is 2.57.